The Hall–Kier alpha value is -3.19. The molecule has 2 aromatic heterocycles. The minimum absolute atomic E-state index is 0.00854. The number of carbonyl (C=O) groups excluding carboxylic acids is 2. The second-order valence-electron chi connectivity index (χ2n) is 6.92. The van der Waals surface area contributed by atoms with Crippen molar-refractivity contribution in [2.45, 2.75) is 6.54 Å². The molecule has 7 heteroatoms. The summed E-state index contributed by atoms with van der Waals surface area (Å²) in [4.78, 5) is 28.9. The van der Waals surface area contributed by atoms with E-state index in [2.05, 4.69) is 27.4 Å². The Morgan fingerprint density at radius 1 is 0.964 bits per heavy atom. The summed E-state index contributed by atoms with van der Waals surface area (Å²) in [5.74, 6) is -0.392. The molecule has 0 atom stereocenters. The van der Waals surface area contributed by atoms with E-state index < -0.39 is 0 Å². The van der Waals surface area contributed by atoms with Crippen LogP contribution in [0, 0.1) is 0 Å². The van der Waals surface area contributed by atoms with Gasteiger partial charge in [0.15, 0.2) is 5.69 Å². The maximum Gasteiger partial charge on any atom is 0.272 e. The third-order valence-electron chi connectivity index (χ3n) is 4.98. The van der Waals surface area contributed by atoms with Gasteiger partial charge < -0.3 is 10.2 Å². The van der Waals surface area contributed by atoms with Crippen molar-refractivity contribution in [3.05, 3.63) is 72.1 Å². The Balaban J connectivity index is 1.25. The van der Waals surface area contributed by atoms with Crippen LogP contribution in [0.1, 0.15) is 16.1 Å². The molecule has 1 aliphatic heterocycles. The van der Waals surface area contributed by atoms with E-state index in [1.54, 1.807) is 16.8 Å². The first kappa shape index (κ1) is 18.2. The Kier molecular flexibility index (Phi) is 5.34. The molecule has 1 saturated heterocycles. The second-order valence-corrected chi connectivity index (χ2v) is 6.92. The third-order valence-corrected chi connectivity index (χ3v) is 4.98. The smallest absolute Gasteiger partial charge is 0.272 e. The molecular weight excluding hydrogens is 354 g/mol. The van der Waals surface area contributed by atoms with Gasteiger partial charge in [-0.3, -0.25) is 14.5 Å². The minimum atomic E-state index is -0.334. The van der Waals surface area contributed by atoms with Gasteiger partial charge in [-0.15, -0.1) is 0 Å². The fourth-order valence-corrected chi connectivity index (χ4v) is 3.40. The lowest BCUT2D eigenvalue weighted by molar-refractivity contribution is -0.131. The average Bonchev–Trinajstić information content (AvgIpc) is 3.17. The quantitative estimate of drug-likeness (QED) is 0.730. The molecule has 7 nitrogen and oxygen atoms in total. The van der Waals surface area contributed by atoms with E-state index in [1.807, 2.05) is 41.3 Å². The van der Waals surface area contributed by atoms with Gasteiger partial charge in [0, 0.05) is 38.9 Å². The zero-order chi connectivity index (χ0) is 19.3. The fourth-order valence-electron chi connectivity index (χ4n) is 3.40. The summed E-state index contributed by atoms with van der Waals surface area (Å²) in [5, 5.41) is 6.91. The van der Waals surface area contributed by atoms with Gasteiger partial charge in [-0.05, 0) is 23.8 Å². The maximum absolute atomic E-state index is 12.4. The third kappa shape index (κ3) is 4.20. The molecule has 3 aromatic rings. The van der Waals surface area contributed by atoms with Crippen LogP contribution in [-0.4, -0.2) is 64.0 Å². The number of piperazine rings is 1. The van der Waals surface area contributed by atoms with Crippen molar-refractivity contribution < 1.29 is 9.59 Å². The number of nitrogens with zero attached hydrogens (tertiary/aromatic N) is 4. The molecule has 28 heavy (non-hydrogen) atoms. The monoisotopic (exact) mass is 377 g/mol. The number of hydrogen-bond acceptors (Lipinski definition) is 4. The number of carbonyl (C=O) groups is 2. The molecule has 0 unspecified atom stereocenters. The first-order chi connectivity index (χ1) is 13.7. The predicted octanol–water partition coefficient (Wildman–Crippen LogP) is 1.41. The highest BCUT2D eigenvalue weighted by Crippen LogP contribution is 2.09. The Labute approximate surface area is 163 Å². The van der Waals surface area contributed by atoms with Crippen molar-refractivity contribution in [3.8, 4) is 0 Å². The lowest BCUT2D eigenvalue weighted by Gasteiger charge is -2.34. The summed E-state index contributed by atoms with van der Waals surface area (Å²) in [6.07, 6.45) is 1.78. The van der Waals surface area contributed by atoms with E-state index in [0.717, 1.165) is 25.2 Å². The van der Waals surface area contributed by atoms with Crippen molar-refractivity contribution >= 4 is 17.3 Å². The summed E-state index contributed by atoms with van der Waals surface area (Å²) < 4.78 is 1.64. The fraction of sp³-hybridized carbons (Fsp3) is 0.286. The van der Waals surface area contributed by atoms with Crippen LogP contribution < -0.4 is 5.32 Å². The first-order valence-electron chi connectivity index (χ1n) is 9.46. The van der Waals surface area contributed by atoms with Gasteiger partial charge in [-0.25, -0.2) is 4.52 Å². The SMILES string of the molecule is O=C(NCC(=O)N1CCN(Cc2ccccc2)CC1)c1cc2ccccn2n1. The number of fused-ring (bicyclic) bond motifs is 1. The van der Waals surface area contributed by atoms with Gasteiger partial charge >= 0.3 is 0 Å². The van der Waals surface area contributed by atoms with E-state index >= 15 is 0 Å². The second kappa shape index (κ2) is 8.22. The summed E-state index contributed by atoms with van der Waals surface area (Å²) >= 11 is 0. The van der Waals surface area contributed by atoms with E-state index in [4.69, 9.17) is 0 Å². The number of nitrogens with one attached hydrogen (secondary N) is 1. The zero-order valence-corrected chi connectivity index (χ0v) is 15.6. The molecule has 1 aliphatic rings. The van der Waals surface area contributed by atoms with Gasteiger partial charge in [-0.1, -0.05) is 36.4 Å². The molecule has 1 aromatic carbocycles. The standard InChI is InChI=1S/C21H23N5O2/c27-20(15-22-21(28)19-14-18-8-4-5-9-26(18)23-19)25-12-10-24(11-13-25)16-17-6-2-1-3-7-17/h1-9,14H,10-13,15-16H2,(H,22,28). The highest BCUT2D eigenvalue weighted by atomic mass is 16.2. The summed E-state index contributed by atoms with van der Waals surface area (Å²) in [7, 11) is 0. The molecule has 2 amide bonds. The molecule has 3 heterocycles. The van der Waals surface area contributed by atoms with Crippen LogP contribution in [-0.2, 0) is 11.3 Å². The normalized spacial score (nSPS) is 14.9. The largest absolute Gasteiger partial charge is 0.342 e. The van der Waals surface area contributed by atoms with E-state index in [9.17, 15) is 9.59 Å². The van der Waals surface area contributed by atoms with Gasteiger partial charge in [0.2, 0.25) is 5.91 Å². The van der Waals surface area contributed by atoms with Crippen molar-refractivity contribution in [1.82, 2.24) is 24.7 Å². The summed E-state index contributed by atoms with van der Waals surface area (Å²) in [5.41, 5.74) is 2.43. The highest BCUT2D eigenvalue weighted by Gasteiger charge is 2.22. The van der Waals surface area contributed by atoms with Crippen LogP contribution in [0.4, 0.5) is 0 Å². The van der Waals surface area contributed by atoms with Crippen molar-refractivity contribution in [1.29, 1.82) is 0 Å². The number of aromatic nitrogens is 2. The first-order valence-corrected chi connectivity index (χ1v) is 9.46. The number of amides is 2. The van der Waals surface area contributed by atoms with Gasteiger partial charge in [-0.2, -0.15) is 5.10 Å². The zero-order valence-electron chi connectivity index (χ0n) is 15.6. The Bertz CT molecular complexity index is 928. The molecular formula is C21H23N5O2. The summed E-state index contributed by atoms with van der Waals surface area (Å²) in [6, 6.07) is 17.7. The van der Waals surface area contributed by atoms with Crippen molar-refractivity contribution in [3.63, 3.8) is 0 Å². The molecule has 144 valence electrons. The predicted molar refractivity (Wildman–Crippen MR) is 106 cm³/mol. The van der Waals surface area contributed by atoms with E-state index in [1.165, 1.54) is 5.56 Å². The number of benzene rings is 1. The van der Waals surface area contributed by atoms with Crippen molar-refractivity contribution in [2.24, 2.45) is 0 Å². The number of rotatable bonds is 5. The van der Waals surface area contributed by atoms with Gasteiger partial charge in [0.25, 0.3) is 5.91 Å². The van der Waals surface area contributed by atoms with Crippen molar-refractivity contribution in [2.75, 3.05) is 32.7 Å². The molecule has 0 bridgehead atoms. The van der Waals surface area contributed by atoms with Gasteiger partial charge in [0.05, 0.1) is 12.1 Å². The van der Waals surface area contributed by atoms with E-state index in [-0.39, 0.29) is 18.4 Å². The lowest BCUT2D eigenvalue weighted by Crippen LogP contribution is -2.50. The molecule has 0 spiro atoms. The van der Waals surface area contributed by atoms with Crippen LogP contribution in [0.3, 0.4) is 0 Å². The van der Waals surface area contributed by atoms with E-state index in [0.29, 0.717) is 18.8 Å². The number of pyridine rings is 1. The molecule has 1 fully saturated rings. The minimum Gasteiger partial charge on any atom is -0.342 e. The van der Waals surface area contributed by atoms with Crippen LogP contribution in [0.15, 0.2) is 60.8 Å². The molecule has 1 N–H and O–H groups in total. The van der Waals surface area contributed by atoms with Crippen LogP contribution in [0.2, 0.25) is 0 Å². The molecule has 4 rings (SSSR count). The topological polar surface area (TPSA) is 70.0 Å². The van der Waals surface area contributed by atoms with Gasteiger partial charge in [0.1, 0.15) is 0 Å². The lowest BCUT2D eigenvalue weighted by atomic mass is 10.2. The highest BCUT2D eigenvalue weighted by molar-refractivity contribution is 5.95. The molecule has 0 aliphatic carbocycles. The van der Waals surface area contributed by atoms with Crippen LogP contribution >= 0.6 is 0 Å². The maximum atomic E-state index is 12.4. The molecule has 0 saturated carbocycles. The average molecular weight is 377 g/mol. The Morgan fingerprint density at radius 3 is 2.46 bits per heavy atom. The van der Waals surface area contributed by atoms with Crippen LogP contribution in [0.5, 0.6) is 0 Å². The molecule has 0 radical (unpaired) electrons. The Morgan fingerprint density at radius 2 is 1.71 bits per heavy atom. The van der Waals surface area contributed by atoms with Crippen LogP contribution in [0.25, 0.3) is 5.52 Å². The summed E-state index contributed by atoms with van der Waals surface area (Å²) in [6.45, 7) is 3.91. The number of hydrogen-bond donors (Lipinski definition) is 1.